The van der Waals surface area contributed by atoms with Gasteiger partial charge in [0.05, 0.1) is 5.69 Å². The summed E-state index contributed by atoms with van der Waals surface area (Å²) in [5.74, 6) is 1.34. The summed E-state index contributed by atoms with van der Waals surface area (Å²) in [5.41, 5.74) is 2.79. The molecule has 4 nitrogen and oxygen atoms in total. The molecule has 0 amide bonds. The number of hydrazone groups is 1. The molecule has 0 spiro atoms. The topological polar surface area (TPSA) is 39.1 Å². The lowest BCUT2D eigenvalue weighted by atomic mass is 10.2. The van der Waals surface area contributed by atoms with Crippen molar-refractivity contribution in [3.8, 4) is 0 Å². The molecule has 1 N–H and O–H groups in total. The zero-order valence-electron chi connectivity index (χ0n) is 13.5. The van der Waals surface area contributed by atoms with Crippen molar-refractivity contribution < 1.29 is 5.11 Å². The van der Waals surface area contributed by atoms with Gasteiger partial charge in [-0.2, -0.15) is 0 Å². The summed E-state index contributed by atoms with van der Waals surface area (Å²) in [6.07, 6.45) is 1.10. The maximum atomic E-state index is 9.98. The molecule has 1 aliphatic rings. The molecular formula is C21H17N3O. The number of hydrogen-bond acceptors (Lipinski definition) is 4. The van der Waals surface area contributed by atoms with Crippen molar-refractivity contribution in [3.63, 3.8) is 0 Å². The lowest BCUT2D eigenvalue weighted by molar-refractivity contribution is 0.465. The Morgan fingerprint density at radius 2 is 1.20 bits per heavy atom. The fourth-order valence-electron chi connectivity index (χ4n) is 2.87. The van der Waals surface area contributed by atoms with Crippen molar-refractivity contribution in [2.24, 2.45) is 5.10 Å². The van der Waals surface area contributed by atoms with Crippen molar-refractivity contribution >= 4 is 17.2 Å². The van der Waals surface area contributed by atoms with Crippen LogP contribution in [0.1, 0.15) is 5.56 Å². The van der Waals surface area contributed by atoms with Gasteiger partial charge >= 0.3 is 0 Å². The Morgan fingerprint density at radius 3 is 1.76 bits per heavy atom. The number of aliphatic hydroxyl groups is 1. The van der Waals surface area contributed by atoms with Gasteiger partial charge in [-0.25, -0.2) is 5.01 Å². The normalized spacial score (nSPS) is 15.5. The quantitative estimate of drug-likeness (QED) is 0.707. The highest BCUT2D eigenvalue weighted by Crippen LogP contribution is 2.33. The number of rotatable bonds is 3. The number of aliphatic hydroxyl groups excluding tert-OH is 1. The van der Waals surface area contributed by atoms with Gasteiger partial charge in [-0.05, 0) is 24.3 Å². The molecule has 4 rings (SSSR count). The number of amidine groups is 1. The number of benzene rings is 3. The number of anilines is 2. The Bertz CT molecular complexity index is 906. The van der Waals surface area contributed by atoms with Crippen LogP contribution in [0.5, 0.6) is 0 Å². The molecule has 1 aliphatic heterocycles. The van der Waals surface area contributed by atoms with E-state index in [0.717, 1.165) is 29.0 Å². The first-order valence-corrected chi connectivity index (χ1v) is 8.07. The van der Waals surface area contributed by atoms with Crippen molar-refractivity contribution in [1.82, 2.24) is 0 Å². The Kier molecular flexibility index (Phi) is 3.92. The summed E-state index contributed by atoms with van der Waals surface area (Å²) in [5, 5.41) is 16.5. The third-order valence-corrected chi connectivity index (χ3v) is 4.02. The van der Waals surface area contributed by atoms with E-state index in [1.54, 1.807) is 5.01 Å². The lowest BCUT2D eigenvalue weighted by Crippen LogP contribution is -2.29. The van der Waals surface area contributed by atoms with Crippen LogP contribution in [0, 0.1) is 0 Å². The lowest BCUT2D eigenvalue weighted by Gasteiger charge is -2.23. The van der Waals surface area contributed by atoms with Crippen LogP contribution in [0.2, 0.25) is 0 Å². The summed E-state index contributed by atoms with van der Waals surface area (Å²) in [6.45, 7) is 0. The Balaban J connectivity index is 1.88. The van der Waals surface area contributed by atoms with E-state index in [-0.39, 0.29) is 0 Å². The molecule has 0 aromatic heterocycles. The van der Waals surface area contributed by atoms with Gasteiger partial charge in [-0.3, -0.25) is 4.90 Å². The van der Waals surface area contributed by atoms with Crippen LogP contribution in [0.3, 0.4) is 0 Å². The zero-order chi connectivity index (χ0) is 17.1. The van der Waals surface area contributed by atoms with Gasteiger partial charge in [0, 0.05) is 11.3 Å². The molecule has 3 aromatic carbocycles. The molecule has 0 unspecified atom stereocenters. The van der Waals surface area contributed by atoms with Gasteiger partial charge < -0.3 is 5.11 Å². The fraction of sp³-hybridized carbons (Fsp3) is 0. The monoisotopic (exact) mass is 327 g/mol. The van der Waals surface area contributed by atoms with Gasteiger partial charge in [0.15, 0.2) is 11.7 Å². The van der Waals surface area contributed by atoms with Crippen LogP contribution < -0.4 is 9.91 Å². The minimum absolute atomic E-state index is 0.580. The molecule has 122 valence electrons. The maximum absolute atomic E-state index is 9.98. The molecule has 3 aromatic rings. The molecule has 0 aliphatic carbocycles. The summed E-state index contributed by atoms with van der Waals surface area (Å²) in [7, 11) is 0. The predicted octanol–water partition coefficient (Wildman–Crippen LogP) is 4.73. The van der Waals surface area contributed by atoms with E-state index in [2.05, 4.69) is 0 Å². The predicted molar refractivity (Wildman–Crippen MR) is 102 cm³/mol. The van der Waals surface area contributed by atoms with E-state index in [1.165, 1.54) is 0 Å². The summed E-state index contributed by atoms with van der Waals surface area (Å²) >= 11 is 0. The van der Waals surface area contributed by atoms with Gasteiger partial charge in [-0.1, -0.05) is 66.7 Å². The first-order chi connectivity index (χ1) is 12.4. The SMILES string of the molecule is OC=C1N(c2ccccc2)N=C(c2ccccc2)N1c1ccccc1. The maximum Gasteiger partial charge on any atom is 0.175 e. The van der Waals surface area contributed by atoms with Crippen molar-refractivity contribution in [3.05, 3.63) is 109 Å². The van der Waals surface area contributed by atoms with Crippen LogP contribution >= 0.6 is 0 Å². The van der Waals surface area contributed by atoms with Crippen LogP contribution in [0.25, 0.3) is 0 Å². The van der Waals surface area contributed by atoms with Gasteiger partial charge in [-0.15, -0.1) is 5.10 Å². The minimum atomic E-state index is 0.580. The molecular weight excluding hydrogens is 310 g/mol. The van der Waals surface area contributed by atoms with E-state index in [1.807, 2.05) is 95.9 Å². The van der Waals surface area contributed by atoms with Crippen molar-refractivity contribution in [1.29, 1.82) is 0 Å². The average Bonchev–Trinajstić information content (AvgIpc) is 3.09. The van der Waals surface area contributed by atoms with Gasteiger partial charge in [0.1, 0.15) is 6.26 Å². The highest BCUT2D eigenvalue weighted by Gasteiger charge is 2.32. The van der Waals surface area contributed by atoms with E-state index in [4.69, 9.17) is 5.10 Å². The largest absolute Gasteiger partial charge is 0.512 e. The molecule has 0 atom stereocenters. The average molecular weight is 327 g/mol. The summed E-state index contributed by atoms with van der Waals surface area (Å²) in [4.78, 5) is 1.95. The highest BCUT2D eigenvalue weighted by atomic mass is 16.2. The molecule has 25 heavy (non-hydrogen) atoms. The Hall–Kier alpha value is -3.53. The minimum Gasteiger partial charge on any atom is -0.512 e. The van der Waals surface area contributed by atoms with Crippen LogP contribution in [-0.4, -0.2) is 10.9 Å². The standard InChI is InChI=1S/C21H17N3O/c25-16-20-23(18-12-6-2-7-13-18)21(17-10-4-1-5-11-17)22-24(20)19-14-8-3-9-15-19/h1-16,25H. The van der Waals surface area contributed by atoms with Crippen LogP contribution in [0.15, 0.2) is 108 Å². The molecule has 0 radical (unpaired) electrons. The second kappa shape index (κ2) is 6.53. The fourth-order valence-corrected chi connectivity index (χ4v) is 2.87. The number of para-hydroxylation sites is 2. The van der Waals surface area contributed by atoms with E-state index in [0.29, 0.717) is 5.82 Å². The molecule has 1 heterocycles. The molecule has 0 fully saturated rings. The zero-order valence-corrected chi connectivity index (χ0v) is 13.5. The van der Waals surface area contributed by atoms with E-state index < -0.39 is 0 Å². The van der Waals surface area contributed by atoms with Gasteiger partial charge in [0.2, 0.25) is 0 Å². The van der Waals surface area contributed by atoms with Gasteiger partial charge in [0.25, 0.3) is 0 Å². The summed E-state index contributed by atoms with van der Waals surface area (Å²) < 4.78 is 0. The molecule has 0 saturated heterocycles. The highest BCUT2D eigenvalue weighted by molar-refractivity contribution is 6.14. The van der Waals surface area contributed by atoms with E-state index in [9.17, 15) is 5.11 Å². The smallest absolute Gasteiger partial charge is 0.175 e. The summed E-state index contributed by atoms with van der Waals surface area (Å²) in [6, 6.07) is 29.6. The first kappa shape index (κ1) is 15.0. The van der Waals surface area contributed by atoms with Crippen LogP contribution in [0.4, 0.5) is 11.4 Å². The van der Waals surface area contributed by atoms with Crippen LogP contribution in [-0.2, 0) is 0 Å². The van der Waals surface area contributed by atoms with Crippen molar-refractivity contribution in [2.45, 2.75) is 0 Å². The van der Waals surface area contributed by atoms with E-state index >= 15 is 0 Å². The Morgan fingerprint density at radius 1 is 0.680 bits per heavy atom. The first-order valence-electron chi connectivity index (χ1n) is 8.07. The third-order valence-electron chi connectivity index (χ3n) is 4.02. The second-order valence-electron chi connectivity index (χ2n) is 5.60. The number of hydrogen-bond donors (Lipinski definition) is 1. The third kappa shape index (κ3) is 2.74. The molecule has 0 saturated carbocycles. The molecule has 4 heteroatoms. The Labute approximate surface area is 146 Å². The van der Waals surface area contributed by atoms with Crippen molar-refractivity contribution in [2.75, 3.05) is 9.91 Å². The second-order valence-corrected chi connectivity index (χ2v) is 5.60. The number of nitrogens with zero attached hydrogens (tertiary/aromatic N) is 3. The molecule has 0 bridgehead atoms.